The Kier molecular flexibility index (Phi) is 3.92. The molecular weight excluding hydrogens is 278 g/mol. The number of anilines is 1. The van der Waals surface area contributed by atoms with Gasteiger partial charge in [0.2, 0.25) is 5.91 Å². The highest BCUT2D eigenvalue weighted by Gasteiger charge is 2.39. The summed E-state index contributed by atoms with van der Waals surface area (Å²) in [6, 6.07) is 7.17. The molecular formula is C18H19NO3. The van der Waals surface area contributed by atoms with Crippen LogP contribution in [0.2, 0.25) is 0 Å². The third kappa shape index (κ3) is 3.50. The summed E-state index contributed by atoms with van der Waals surface area (Å²) in [5.41, 5.74) is 1.87. The van der Waals surface area contributed by atoms with Gasteiger partial charge in [-0.3, -0.25) is 14.4 Å². The molecule has 2 aliphatic carbocycles. The van der Waals surface area contributed by atoms with Crippen LogP contribution in [0.1, 0.15) is 38.2 Å². The van der Waals surface area contributed by atoms with Crippen molar-refractivity contribution < 1.29 is 14.4 Å². The Balaban J connectivity index is 1.82. The Morgan fingerprint density at radius 1 is 0.955 bits per heavy atom. The van der Waals surface area contributed by atoms with Crippen LogP contribution in [0.5, 0.6) is 0 Å². The first-order valence-electron chi connectivity index (χ1n) is 7.72. The molecule has 22 heavy (non-hydrogen) atoms. The molecule has 2 aliphatic rings. The summed E-state index contributed by atoms with van der Waals surface area (Å²) in [6.45, 7) is 1.45. The molecule has 4 nitrogen and oxygen atoms in total. The molecule has 114 valence electrons. The van der Waals surface area contributed by atoms with E-state index in [2.05, 4.69) is 5.32 Å². The number of ketones is 2. The SMILES string of the molecule is CC(=O)Nc1ccc(C=C(C(=O)C2CC2)C(=O)C2CC2)cc1. The van der Waals surface area contributed by atoms with Gasteiger partial charge in [0.15, 0.2) is 11.6 Å². The van der Waals surface area contributed by atoms with Crippen LogP contribution < -0.4 is 5.32 Å². The molecule has 0 bridgehead atoms. The van der Waals surface area contributed by atoms with Crippen molar-refractivity contribution in [2.24, 2.45) is 11.8 Å². The number of carbonyl (C=O) groups excluding carboxylic acids is 3. The fourth-order valence-corrected chi connectivity index (χ4v) is 2.43. The number of allylic oxidation sites excluding steroid dienone is 1. The minimum atomic E-state index is -0.128. The maximum Gasteiger partial charge on any atom is 0.221 e. The van der Waals surface area contributed by atoms with Gasteiger partial charge < -0.3 is 5.32 Å². The van der Waals surface area contributed by atoms with Crippen LogP contribution in [0.15, 0.2) is 29.8 Å². The second kappa shape index (κ2) is 5.87. The molecule has 4 heteroatoms. The lowest BCUT2D eigenvalue weighted by Crippen LogP contribution is -2.16. The number of rotatable bonds is 6. The smallest absolute Gasteiger partial charge is 0.221 e. The van der Waals surface area contributed by atoms with Crippen LogP contribution in [0.3, 0.4) is 0 Å². The minimum Gasteiger partial charge on any atom is -0.326 e. The van der Waals surface area contributed by atoms with E-state index in [-0.39, 0.29) is 29.3 Å². The van der Waals surface area contributed by atoms with Crippen LogP contribution in [0.4, 0.5) is 5.69 Å². The number of carbonyl (C=O) groups is 3. The Morgan fingerprint density at radius 2 is 1.45 bits per heavy atom. The predicted octanol–water partition coefficient (Wildman–Crippen LogP) is 2.99. The van der Waals surface area contributed by atoms with Gasteiger partial charge >= 0.3 is 0 Å². The first kappa shape index (κ1) is 14.7. The molecule has 0 aromatic heterocycles. The first-order valence-corrected chi connectivity index (χ1v) is 7.72. The molecule has 0 spiro atoms. The Bertz CT molecular complexity index is 623. The van der Waals surface area contributed by atoms with E-state index in [1.807, 2.05) is 12.1 Å². The summed E-state index contributed by atoms with van der Waals surface area (Å²) in [5, 5.41) is 2.69. The second-order valence-electron chi connectivity index (χ2n) is 6.14. The lowest BCUT2D eigenvalue weighted by Gasteiger charge is -2.06. The van der Waals surface area contributed by atoms with Crippen molar-refractivity contribution in [1.29, 1.82) is 0 Å². The molecule has 1 N–H and O–H groups in total. The predicted molar refractivity (Wildman–Crippen MR) is 84.2 cm³/mol. The molecule has 0 unspecified atom stereocenters. The Hall–Kier alpha value is -2.23. The molecule has 0 radical (unpaired) electrons. The maximum atomic E-state index is 12.3. The normalized spacial score (nSPS) is 16.8. The van der Waals surface area contributed by atoms with Crippen molar-refractivity contribution in [1.82, 2.24) is 0 Å². The lowest BCUT2D eigenvalue weighted by molar-refractivity contribution is -0.122. The minimum absolute atomic E-state index is 0.00263. The zero-order valence-corrected chi connectivity index (χ0v) is 12.6. The average Bonchev–Trinajstić information content (AvgIpc) is 3.37. The molecule has 1 amide bonds. The highest BCUT2D eigenvalue weighted by Crippen LogP contribution is 2.38. The van der Waals surface area contributed by atoms with E-state index in [0.717, 1.165) is 31.2 Å². The molecule has 0 heterocycles. The fourth-order valence-electron chi connectivity index (χ4n) is 2.43. The Morgan fingerprint density at radius 3 is 1.86 bits per heavy atom. The number of Topliss-reactive ketones (excluding diaryl/α,β-unsaturated/α-hetero) is 2. The largest absolute Gasteiger partial charge is 0.326 e. The summed E-state index contributed by atoms with van der Waals surface area (Å²) in [5.74, 6) is -0.0253. The number of hydrogen-bond donors (Lipinski definition) is 1. The van der Waals surface area contributed by atoms with Crippen molar-refractivity contribution >= 4 is 29.2 Å². The van der Waals surface area contributed by atoms with Gasteiger partial charge in [-0.25, -0.2) is 0 Å². The monoisotopic (exact) mass is 297 g/mol. The van der Waals surface area contributed by atoms with E-state index >= 15 is 0 Å². The van der Waals surface area contributed by atoms with Gasteiger partial charge in [-0.15, -0.1) is 0 Å². The number of amides is 1. The quantitative estimate of drug-likeness (QED) is 0.499. The van der Waals surface area contributed by atoms with Crippen molar-refractivity contribution in [3.8, 4) is 0 Å². The highest BCUT2D eigenvalue weighted by molar-refractivity contribution is 6.25. The summed E-state index contributed by atoms with van der Waals surface area (Å²) in [4.78, 5) is 35.7. The van der Waals surface area contributed by atoms with Crippen molar-refractivity contribution in [2.45, 2.75) is 32.6 Å². The van der Waals surface area contributed by atoms with E-state index in [4.69, 9.17) is 0 Å². The van der Waals surface area contributed by atoms with E-state index < -0.39 is 0 Å². The summed E-state index contributed by atoms with van der Waals surface area (Å²) < 4.78 is 0. The highest BCUT2D eigenvalue weighted by atomic mass is 16.2. The third-order valence-corrected chi connectivity index (χ3v) is 3.97. The molecule has 2 saturated carbocycles. The fraction of sp³-hybridized carbons (Fsp3) is 0.389. The van der Waals surface area contributed by atoms with E-state index in [9.17, 15) is 14.4 Å². The van der Waals surface area contributed by atoms with Gasteiger partial charge in [-0.05, 0) is 49.5 Å². The number of nitrogens with one attached hydrogen (secondary N) is 1. The van der Waals surface area contributed by atoms with Gasteiger partial charge in [0, 0.05) is 24.4 Å². The maximum absolute atomic E-state index is 12.3. The number of hydrogen-bond acceptors (Lipinski definition) is 3. The summed E-state index contributed by atoms with van der Waals surface area (Å²) in [7, 11) is 0. The van der Waals surface area contributed by atoms with Crippen LogP contribution in [-0.4, -0.2) is 17.5 Å². The van der Waals surface area contributed by atoms with Gasteiger partial charge in [0.1, 0.15) is 0 Å². The molecule has 0 atom stereocenters. The zero-order chi connectivity index (χ0) is 15.7. The van der Waals surface area contributed by atoms with Gasteiger partial charge in [-0.1, -0.05) is 12.1 Å². The van der Waals surface area contributed by atoms with Gasteiger partial charge in [0.25, 0.3) is 0 Å². The van der Waals surface area contributed by atoms with Crippen LogP contribution in [-0.2, 0) is 14.4 Å². The molecule has 1 aromatic carbocycles. The van der Waals surface area contributed by atoms with Crippen molar-refractivity contribution in [3.05, 3.63) is 35.4 Å². The van der Waals surface area contributed by atoms with Crippen molar-refractivity contribution in [3.63, 3.8) is 0 Å². The standard InChI is InChI=1S/C18H19NO3/c1-11(20)19-15-8-2-12(3-9-15)10-16(17(21)13-4-5-13)18(22)14-6-7-14/h2-3,8-10,13-14H,4-7H2,1H3,(H,19,20). The summed E-state index contributed by atoms with van der Waals surface area (Å²) >= 11 is 0. The van der Waals surface area contributed by atoms with Crippen LogP contribution in [0, 0.1) is 11.8 Å². The third-order valence-electron chi connectivity index (χ3n) is 3.97. The van der Waals surface area contributed by atoms with E-state index in [0.29, 0.717) is 11.3 Å². The molecule has 0 aliphatic heterocycles. The molecule has 1 aromatic rings. The second-order valence-corrected chi connectivity index (χ2v) is 6.14. The Labute approximate surface area is 129 Å². The average molecular weight is 297 g/mol. The van der Waals surface area contributed by atoms with Crippen LogP contribution >= 0.6 is 0 Å². The molecule has 3 rings (SSSR count). The topological polar surface area (TPSA) is 63.2 Å². The van der Waals surface area contributed by atoms with E-state index in [1.165, 1.54) is 6.92 Å². The molecule has 2 fully saturated rings. The summed E-state index contributed by atoms with van der Waals surface area (Å²) in [6.07, 6.45) is 5.30. The molecule has 0 saturated heterocycles. The lowest BCUT2D eigenvalue weighted by atomic mass is 9.97. The van der Waals surface area contributed by atoms with E-state index in [1.54, 1.807) is 18.2 Å². The first-order chi connectivity index (χ1) is 10.5. The number of benzene rings is 1. The van der Waals surface area contributed by atoms with Gasteiger partial charge in [0.05, 0.1) is 5.57 Å². The van der Waals surface area contributed by atoms with Gasteiger partial charge in [-0.2, -0.15) is 0 Å². The zero-order valence-electron chi connectivity index (χ0n) is 12.6. The van der Waals surface area contributed by atoms with Crippen molar-refractivity contribution in [2.75, 3.05) is 5.32 Å². The van der Waals surface area contributed by atoms with Crippen LogP contribution in [0.25, 0.3) is 6.08 Å².